The number of methoxy groups -OCH3 is 1. The average molecular weight is 194 g/mol. The number of nitrogens with zero attached hydrogens (tertiary/aromatic N) is 3. The van der Waals surface area contributed by atoms with Crippen molar-refractivity contribution in [2.24, 2.45) is 0 Å². The predicted molar refractivity (Wildman–Crippen MR) is 48.3 cm³/mol. The monoisotopic (exact) mass is 194 g/mol. The number of aromatic nitrogens is 2. The molecule has 0 saturated heterocycles. The number of hydrogen-bond donors (Lipinski definition) is 1. The van der Waals surface area contributed by atoms with Crippen LogP contribution in [-0.4, -0.2) is 29.4 Å². The van der Waals surface area contributed by atoms with Gasteiger partial charge >= 0.3 is 0 Å². The van der Waals surface area contributed by atoms with Crippen LogP contribution in [0.1, 0.15) is 0 Å². The Bertz CT molecular complexity index is 352. The maximum absolute atomic E-state index is 11.0. The summed E-state index contributed by atoms with van der Waals surface area (Å²) in [5, 5.41) is 14.8. The van der Waals surface area contributed by atoms with Crippen LogP contribution in [0.3, 0.4) is 0 Å². The Morgan fingerprint density at radius 3 is 3.29 bits per heavy atom. The van der Waals surface area contributed by atoms with Gasteiger partial charge in [-0.2, -0.15) is 10.4 Å². The van der Waals surface area contributed by atoms with E-state index in [1.54, 1.807) is 12.3 Å². The lowest BCUT2D eigenvalue weighted by Gasteiger charge is -1.99. The molecule has 0 atom stereocenters. The number of ether oxygens (including phenoxy) is 1. The molecule has 6 heteroatoms. The Hall–Kier alpha value is -1.87. The fraction of sp³-hybridized carbons (Fsp3) is 0.375. The second kappa shape index (κ2) is 4.99. The summed E-state index contributed by atoms with van der Waals surface area (Å²) in [6.07, 6.45) is 1.62. The van der Waals surface area contributed by atoms with Crippen LogP contribution in [0.5, 0.6) is 0 Å². The number of nitrogens with one attached hydrogen (secondary N) is 1. The predicted octanol–water partition coefficient (Wildman–Crippen LogP) is -0.00842. The van der Waals surface area contributed by atoms with Crippen LogP contribution in [0.25, 0.3) is 0 Å². The Morgan fingerprint density at radius 2 is 2.64 bits per heavy atom. The fourth-order valence-electron chi connectivity index (χ4n) is 0.899. The highest BCUT2D eigenvalue weighted by Gasteiger charge is 2.03. The molecule has 1 N–H and O–H groups in total. The highest BCUT2D eigenvalue weighted by molar-refractivity contribution is 5.90. The van der Waals surface area contributed by atoms with E-state index in [9.17, 15) is 4.79 Å². The number of hydrogen-bond acceptors (Lipinski definition) is 4. The summed E-state index contributed by atoms with van der Waals surface area (Å²) in [5.74, 6) is 0.150. The second-order valence-corrected chi connectivity index (χ2v) is 2.54. The molecule has 1 rings (SSSR count). The highest BCUT2D eigenvalue weighted by atomic mass is 16.5. The summed E-state index contributed by atoms with van der Waals surface area (Å²) in [6, 6.07) is 3.55. The lowest BCUT2D eigenvalue weighted by Crippen LogP contribution is -2.17. The number of carbonyl (C=O) groups excluding carboxylic acids is 1. The van der Waals surface area contributed by atoms with Crippen molar-refractivity contribution < 1.29 is 9.53 Å². The molecule has 6 nitrogen and oxygen atoms in total. The zero-order valence-electron chi connectivity index (χ0n) is 7.73. The smallest absolute Gasteiger partial charge is 0.251 e. The Kier molecular flexibility index (Phi) is 3.64. The van der Waals surface area contributed by atoms with E-state index in [0.29, 0.717) is 5.82 Å². The van der Waals surface area contributed by atoms with Crippen molar-refractivity contribution in [1.29, 1.82) is 5.26 Å². The van der Waals surface area contributed by atoms with Gasteiger partial charge in [0, 0.05) is 19.4 Å². The van der Waals surface area contributed by atoms with Crippen LogP contribution in [0.15, 0.2) is 12.3 Å². The molecule has 0 aliphatic carbocycles. The molecular formula is C8H10N4O2. The third-order valence-corrected chi connectivity index (χ3v) is 1.42. The van der Waals surface area contributed by atoms with Crippen molar-refractivity contribution in [1.82, 2.24) is 9.78 Å². The molecule has 0 spiro atoms. The van der Waals surface area contributed by atoms with Crippen LogP contribution in [-0.2, 0) is 16.1 Å². The van der Waals surface area contributed by atoms with E-state index in [-0.39, 0.29) is 19.1 Å². The lowest BCUT2D eigenvalue weighted by atomic mass is 10.5. The number of amides is 1. The van der Waals surface area contributed by atoms with E-state index in [1.165, 1.54) is 11.8 Å². The molecule has 14 heavy (non-hydrogen) atoms. The third-order valence-electron chi connectivity index (χ3n) is 1.42. The molecule has 0 aliphatic heterocycles. The minimum atomic E-state index is -0.269. The summed E-state index contributed by atoms with van der Waals surface area (Å²) in [4.78, 5) is 11.0. The topological polar surface area (TPSA) is 79.9 Å². The van der Waals surface area contributed by atoms with Gasteiger partial charge in [-0.1, -0.05) is 0 Å². The molecule has 0 aromatic carbocycles. The maximum atomic E-state index is 11.0. The van der Waals surface area contributed by atoms with Crippen molar-refractivity contribution in [3.05, 3.63) is 12.3 Å². The SMILES string of the molecule is COCC(=O)Nc1ccn(CC#N)n1. The van der Waals surface area contributed by atoms with Crippen molar-refractivity contribution >= 4 is 11.7 Å². The van der Waals surface area contributed by atoms with Gasteiger partial charge in [0.05, 0.1) is 6.07 Å². The van der Waals surface area contributed by atoms with Crippen LogP contribution >= 0.6 is 0 Å². The molecular weight excluding hydrogens is 184 g/mol. The fourth-order valence-corrected chi connectivity index (χ4v) is 0.899. The molecule has 1 amide bonds. The maximum Gasteiger partial charge on any atom is 0.251 e. The van der Waals surface area contributed by atoms with Gasteiger partial charge in [-0.05, 0) is 0 Å². The van der Waals surface area contributed by atoms with Gasteiger partial charge in [0.1, 0.15) is 13.2 Å². The third kappa shape index (κ3) is 2.88. The van der Waals surface area contributed by atoms with Gasteiger partial charge in [-0.3, -0.25) is 9.48 Å². The molecule has 74 valence electrons. The van der Waals surface area contributed by atoms with E-state index < -0.39 is 0 Å². The zero-order valence-corrected chi connectivity index (χ0v) is 7.73. The second-order valence-electron chi connectivity index (χ2n) is 2.54. The van der Waals surface area contributed by atoms with E-state index in [4.69, 9.17) is 5.26 Å². The van der Waals surface area contributed by atoms with Crippen molar-refractivity contribution in [3.8, 4) is 6.07 Å². The van der Waals surface area contributed by atoms with Crippen molar-refractivity contribution in [3.63, 3.8) is 0 Å². The summed E-state index contributed by atoms with van der Waals surface area (Å²) in [5.41, 5.74) is 0. The van der Waals surface area contributed by atoms with Crippen LogP contribution in [0.4, 0.5) is 5.82 Å². The highest BCUT2D eigenvalue weighted by Crippen LogP contribution is 2.01. The first-order valence-corrected chi connectivity index (χ1v) is 3.95. The van der Waals surface area contributed by atoms with E-state index in [0.717, 1.165) is 0 Å². The first kappa shape index (κ1) is 10.2. The molecule has 0 unspecified atom stereocenters. The number of nitriles is 1. The van der Waals surface area contributed by atoms with Crippen LogP contribution in [0.2, 0.25) is 0 Å². The van der Waals surface area contributed by atoms with E-state index >= 15 is 0 Å². The normalized spacial score (nSPS) is 9.43. The van der Waals surface area contributed by atoms with Gasteiger partial charge in [-0.15, -0.1) is 0 Å². The van der Waals surface area contributed by atoms with Gasteiger partial charge in [-0.25, -0.2) is 0 Å². The first-order valence-electron chi connectivity index (χ1n) is 3.95. The minimum Gasteiger partial charge on any atom is -0.375 e. The van der Waals surface area contributed by atoms with Crippen molar-refractivity contribution in [2.45, 2.75) is 6.54 Å². The molecule has 0 radical (unpaired) electrons. The van der Waals surface area contributed by atoms with Crippen molar-refractivity contribution in [2.75, 3.05) is 19.0 Å². The average Bonchev–Trinajstić information content (AvgIpc) is 2.53. The molecule has 1 heterocycles. The van der Waals surface area contributed by atoms with Gasteiger partial charge in [0.2, 0.25) is 0 Å². The molecule has 0 fully saturated rings. The lowest BCUT2D eigenvalue weighted by molar-refractivity contribution is -0.119. The summed E-state index contributed by atoms with van der Waals surface area (Å²) in [6.45, 7) is 0.158. The molecule has 0 bridgehead atoms. The summed E-state index contributed by atoms with van der Waals surface area (Å²) < 4.78 is 6.06. The van der Waals surface area contributed by atoms with Gasteiger partial charge in [0.25, 0.3) is 5.91 Å². The van der Waals surface area contributed by atoms with E-state index in [2.05, 4.69) is 15.2 Å². The van der Waals surface area contributed by atoms with Gasteiger partial charge in [0.15, 0.2) is 5.82 Å². The number of carbonyl (C=O) groups is 1. The standard InChI is InChI=1S/C8H10N4O2/c1-14-6-8(13)10-7-2-4-12(11-7)5-3-9/h2,4H,5-6H2,1H3,(H,10,11,13). The van der Waals surface area contributed by atoms with E-state index in [1.807, 2.05) is 6.07 Å². The Balaban J connectivity index is 2.51. The molecule has 0 aliphatic rings. The molecule has 0 saturated carbocycles. The Morgan fingerprint density at radius 1 is 1.86 bits per heavy atom. The summed E-state index contributed by atoms with van der Waals surface area (Å²) >= 11 is 0. The molecule has 1 aromatic rings. The minimum absolute atomic E-state index is 0.00882. The van der Waals surface area contributed by atoms with Crippen LogP contribution < -0.4 is 5.32 Å². The quantitative estimate of drug-likeness (QED) is 0.731. The Labute approximate surface area is 81.1 Å². The zero-order chi connectivity index (χ0) is 10.4. The first-order chi connectivity index (χ1) is 6.76. The number of rotatable bonds is 4. The van der Waals surface area contributed by atoms with Gasteiger partial charge < -0.3 is 10.1 Å². The molecule has 1 aromatic heterocycles. The van der Waals surface area contributed by atoms with Crippen LogP contribution in [0, 0.1) is 11.3 Å². The summed E-state index contributed by atoms with van der Waals surface area (Å²) in [7, 11) is 1.44. The number of anilines is 1. The largest absolute Gasteiger partial charge is 0.375 e.